The van der Waals surface area contributed by atoms with Gasteiger partial charge in [-0.15, -0.1) is 0 Å². The van der Waals surface area contributed by atoms with E-state index in [0.29, 0.717) is 6.61 Å². The second-order valence-corrected chi connectivity index (χ2v) is 3.20. The van der Waals surface area contributed by atoms with Gasteiger partial charge in [0.15, 0.2) is 0 Å². The first-order valence-electron chi connectivity index (χ1n) is 3.33. The zero-order valence-corrected chi connectivity index (χ0v) is 8.47. The van der Waals surface area contributed by atoms with Crippen LogP contribution in [0.25, 0.3) is 0 Å². The van der Waals surface area contributed by atoms with Crippen molar-refractivity contribution in [1.29, 1.82) is 0 Å². The van der Waals surface area contributed by atoms with Crippen molar-refractivity contribution in [3.8, 4) is 0 Å². The number of ether oxygens (including phenoxy) is 1. The van der Waals surface area contributed by atoms with Gasteiger partial charge in [-0.25, -0.2) is 0 Å². The minimum absolute atomic E-state index is 0.595. The largest absolute Gasteiger partial charge is 0.378 e. The minimum atomic E-state index is 0.595. The highest BCUT2D eigenvalue weighted by molar-refractivity contribution is 9.10. The fraction of sp³-hybridized carbons (Fsp3) is 0.571. The van der Waals surface area contributed by atoms with Gasteiger partial charge >= 0.3 is 0 Å². The average molecular weight is 219 g/mol. The lowest BCUT2D eigenvalue weighted by Crippen LogP contribution is -1.99. The Morgan fingerprint density at radius 1 is 1.64 bits per heavy atom. The summed E-state index contributed by atoms with van der Waals surface area (Å²) in [5.74, 6) is 0. The topological polar surface area (TPSA) is 27.1 Å². The Bertz CT molecular complexity index is 257. The summed E-state index contributed by atoms with van der Waals surface area (Å²) in [5.41, 5.74) is 2.07. The lowest BCUT2D eigenvalue weighted by molar-refractivity contribution is 0.177. The first-order chi connectivity index (χ1) is 5.16. The number of rotatable bonds is 2. The van der Waals surface area contributed by atoms with E-state index in [2.05, 4.69) is 21.0 Å². The van der Waals surface area contributed by atoms with E-state index in [1.807, 2.05) is 18.7 Å². The number of nitrogens with zero attached hydrogens (tertiary/aromatic N) is 2. The van der Waals surface area contributed by atoms with Crippen LogP contribution in [0.1, 0.15) is 11.4 Å². The molecule has 0 saturated carbocycles. The summed E-state index contributed by atoms with van der Waals surface area (Å²) < 4.78 is 7.88. The molecular formula is C7H11BrN2O. The molecule has 11 heavy (non-hydrogen) atoms. The highest BCUT2D eigenvalue weighted by Gasteiger charge is 2.08. The van der Waals surface area contributed by atoms with Crippen LogP contribution >= 0.6 is 15.9 Å². The number of methoxy groups -OCH3 is 1. The van der Waals surface area contributed by atoms with Crippen molar-refractivity contribution >= 4 is 15.9 Å². The third kappa shape index (κ3) is 1.62. The van der Waals surface area contributed by atoms with Gasteiger partial charge in [0.1, 0.15) is 0 Å². The Labute approximate surface area is 74.5 Å². The normalized spacial score (nSPS) is 10.5. The van der Waals surface area contributed by atoms with Gasteiger partial charge in [-0.05, 0) is 22.9 Å². The number of hydrogen-bond acceptors (Lipinski definition) is 2. The molecule has 0 aliphatic rings. The van der Waals surface area contributed by atoms with Gasteiger partial charge in [-0.2, -0.15) is 5.10 Å². The van der Waals surface area contributed by atoms with Crippen molar-refractivity contribution in [3.05, 3.63) is 15.9 Å². The van der Waals surface area contributed by atoms with E-state index < -0.39 is 0 Å². The molecule has 0 amide bonds. The minimum Gasteiger partial charge on any atom is -0.378 e. The van der Waals surface area contributed by atoms with Crippen molar-refractivity contribution in [3.63, 3.8) is 0 Å². The van der Waals surface area contributed by atoms with Gasteiger partial charge in [0.2, 0.25) is 0 Å². The van der Waals surface area contributed by atoms with Crippen molar-refractivity contribution in [1.82, 2.24) is 9.78 Å². The first-order valence-corrected chi connectivity index (χ1v) is 4.13. The van der Waals surface area contributed by atoms with Gasteiger partial charge in [0.05, 0.1) is 22.5 Å². The highest BCUT2D eigenvalue weighted by atomic mass is 79.9. The molecule has 0 unspecified atom stereocenters. The standard InChI is InChI=1S/C7H11BrN2O/c1-5-7(8)6(4-11-3)10(2)9-5/h4H2,1-3H3. The zero-order chi connectivity index (χ0) is 8.43. The molecule has 1 aromatic heterocycles. The van der Waals surface area contributed by atoms with Gasteiger partial charge in [0.25, 0.3) is 0 Å². The van der Waals surface area contributed by atoms with Crippen LogP contribution in [0.3, 0.4) is 0 Å². The van der Waals surface area contributed by atoms with E-state index in [1.165, 1.54) is 0 Å². The molecule has 1 rings (SSSR count). The van der Waals surface area contributed by atoms with E-state index in [-0.39, 0.29) is 0 Å². The fourth-order valence-corrected chi connectivity index (χ4v) is 1.42. The number of aromatic nitrogens is 2. The van der Waals surface area contributed by atoms with Crippen LogP contribution in [0, 0.1) is 6.92 Å². The Kier molecular flexibility index (Phi) is 2.67. The molecule has 0 aliphatic heterocycles. The molecule has 0 fully saturated rings. The maximum Gasteiger partial charge on any atom is 0.0892 e. The lowest BCUT2D eigenvalue weighted by Gasteiger charge is -1.99. The van der Waals surface area contributed by atoms with Crippen molar-refractivity contribution in [2.45, 2.75) is 13.5 Å². The summed E-state index contributed by atoms with van der Waals surface area (Å²) in [7, 11) is 3.58. The Morgan fingerprint density at radius 3 is 2.64 bits per heavy atom. The number of halogens is 1. The van der Waals surface area contributed by atoms with Crippen LogP contribution in [0.2, 0.25) is 0 Å². The first kappa shape index (κ1) is 8.74. The predicted molar refractivity (Wildman–Crippen MR) is 46.4 cm³/mol. The van der Waals surface area contributed by atoms with Gasteiger partial charge in [-0.1, -0.05) is 0 Å². The van der Waals surface area contributed by atoms with Crippen LogP contribution in [0.5, 0.6) is 0 Å². The quantitative estimate of drug-likeness (QED) is 0.755. The smallest absolute Gasteiger partial charge is 0.0892 e. The van der Waals surface area contributed by atoms with Crippen molar-refractivity contribution in [2.24, 2.45) is 7.05 Å². The van der Waals surface area contributed by atoms with Crippen LogP contribution in [0.4, 0.5) is 0 Å². The predicted octanol–water partition coefficient (Wildman–Crippen LogP) is 1.64. The molecule has 0 N–H and O–H groups in total. The Balaban J connectivity index is 3.02. The SMILES string of the molecule is COCc1c(Br)c(C)nn1C. The molecule has 62 valence electrons. The maximum atomic E-state index is 5.01. The van der Waals surface area contributed by atoms with Gasteiger partial charge in [-0.3, -0.25) is 4.68 Å². The number of aryl methyl sites for hydroxylation is 2. The third-order valence-electron chi connectivity index (χ3n) is 1.54. The Morgan fingerprint density at radius 2 is 2.27 bits per heavy atom. The van der Waals surface area contributed by atoms with Crippen LogP contribution in [-0.4, -0.2) is 16.9 Å². The van der Waals surface area contributed by atoms with Crippen molar-refractivity contribution < 1.29 is 4.74 Å². The van der Waals surface area contributed by atoms with Crippen LogP contribution < -0.4 is 0 Å². The summed E-state index contributed by atoms with van der Waals surface area (Å²) in [6.45, 7) is 2.56. The van der Waals surface area contributed by atoms with E-state index in [1.54, 1.807) is 7.11 Å². The van der Waals surface area contributed by atoms with E-state index in [4.69, 9.17) is 4.74 Å². The average Bonchev–Trinajstić information content (AvgIpc) is 2.17. The van der Waals surface area contributed by atoms with E-state index in [9.17, 15) is 0 Å². The van der Waals surface area contributed by atoms with Crippen molar-refractivity contribution in [2.75, 3.05) is 7.11 Å². The monoisotopic (exact) mass is 218 g/mol. The highest BCUT2D eigenvalue weighted by Crippen LogP contribution is 2.20. The summed E-state index contributed by atoms with van der Waals surface area (Å²) in [5, 5.41) is 4.22. The molecule has 0 spiro atoms. The molecule has 3 nitrogen and oxygen atoms in total. The molecular weight excluding hydrogens is 208 g/mol. The lowest BCUT2D eigenvalue weighted by atomic mass is 10.4. The Hall–Kier alpha value is -0.350. The molecule has 0 saturated heterocycles. The molecule has 0 atom stereocenters. The fourth-order valence-electron chi connectivity index (χ4n) is 0.974. The molecule has 1 heterocycles. The zero-order valence-electron chi connectivity index (χ0n) is 6.89. The molecule has 4 heteroatoms. The second kappa shape index (κ2) is 3.36. The summed E-state index contributed by atoms with van der Waals surface area (Å²) in [6, 6.07) is 0. The van der Waals surface area contributed by atoms with Crippen LogP contribution in [-0.2, 0) is 18.4 Å². The summed E-state index contributed by atoms with van der Waals surface area (Å²) in [6.07, 6.45) is 0. The van der Waals surface area contributed by atoms with Gasteiger partial charge in [0, 0.05) is 14.2 Å². The molecule has 1 aromatic rings. The van der Waals surface area contributed by atoms with E-state index in [0.717, 1.165) is 15.9 Å². The maximum absolute atomic E-state index is 5.01. The third-order valence-corrected chi connectivity index (χ3v) is 2.57. The summed E-state index contributed by atoms with van der Waals surface area (Å²) >= 11 is 3.44. The number of hydrogen-bond donors (Lipinski definition) is 0. The molecule has 0 bridgehead atoms. The molecule has 0 aromatic carbocycles. The second-order valence-electron chi connectivity index (χ2n) is 2.40. The van der Waals surface area contributed by atoms with Gasteiger partial charge < -0.3 is 4.74 Å². The van der Waals surface area contributed by atoms with Crippen LogP contribution in [0.15, 0.2) is 4.47 Å². The molecule has 0 aliphatic carbocycles. The summed E-state index contributed by atoms with van der Waals surface area (Å²) in [4.78, 5) is 0. The molecule has 0 radical (unpaired) electrons. The van der Waals surface area contributed by atoms with E-state index >= 15 is 0 Å².